The number of nitrogens with zero attached hydrogens (tertiary/aromatic N) is 4. The Kier molecular flexibility index (Phi) is 6.95. The number of pyridine rings is 1. The van der Waals surface area contributed by atoms with Gasteiger partial charge in [0.1, 0.15) is 26.9 Å². The minimum atomic E-state index is -4.91. The molecule has 2 amide bonds. The zero-order chi connectivity index (χ0) is 31.6. The zero-order valence-electron chi connectivity index (χ0n) is 22.3. The van der Waals surface area contributed by atoms with E-state index in [-0.39, 0.29) is 43.2 Å². The third-order valence-electron chi connectivity index (χ3n) is 6.29. The maximum atomic E-state index is 13.9. The first kappa shape index (κ1) is 29.9. The van der Waals surface area contributed by atoms with E-state index in [0.29, 0.717) is 21.9 Å². The summed E-state index contributed by atoms with van der Waals surface area (Å²) in [5.74, 6) is -2.90. The number of benzene rings is 1. The number of aromatic nitrogens is 4. The van der Waals surface area contributed by atoms with Crippen molar-refractivity contribution in [3.05, 3.63) is 75.9 Å². The average molecular weight is 625 g/mol. The number of hydrogen-bond acceptors (Lipinski definition) is 6. The Bertz CT molecular complexity index is 1920. The van der Waals surface area contributed by atoms with Gasteiger partial charge in [-0.05, 0) is 35.4 Å². The van der Waals surface area contributed by atoms with E-state index in [1.165, 1.54) is 12.1 Å². The fourth-order valence-corrected chi connectivity index (χ4v) is 5.25. The van der Waals surface area contributed by atoms with E-state index in [1.807, 2.05) is 0 Å². The molecule has 224 valence electrons. The molecule has 0 atom stereocenters. The largest absolute Gasteiger partial charge is 0.433 e. The lowest BCUT2D eigenvalue weighted by Crippen LogP contribution is -2.20. The first-order valence-electron chi connectivity index (χ1n) is 12.2. The Labute approximate surface area is 241 Å². The van der Waals surface area contributed by atoms with Gasteiger partial charge in [0.15, 0.2) is 11.3 Å². The maximum Gasteiger partial charge on any atom is 0.433 e. The van der Waals surface area contributed by atoms with E-state index < -0.39 is 52.5 Å². The van der Waals surface area contributed by atoms with Gasteiger partial charge in [-0.2, -0.15) is 31.4 Å². The van der Waals surface area contributed by atoms with Gasteiger partial charge in [-0.15, -0.1) is 11.3 Å². The number of halogens is 7. The molecule has 0 saturated carbocycles. The number of nitrogens with one attached hydrogen (secondary N) is 1. The summed E-state index contributed by atoms with van der Waals surface area (Å²) in [4.78, 5) is 32.8. The van der Waals surface area contributed by atoms with E-state index >= 15 is 0 Å². The second-order valence-electron chi connectivity index (χ2n) is 10.4. The molecular weight excluding hydrogens is 605 g/mol. The Hall–Kier alpha value is -4.60. The van der Waals surface area contributed by atoms with Crippen molar-refractivity contribution in [1.82, 2.24) is 19.6 Å². The lowest BCUT2D eigenvalue weighted by molar-refractivity contribution is -0.143. The molecule has 5 rings (SSSR count). The van der Waals surface area contributed by atoms with Crippen LogP contribution in [0.2, 0.25) is 0 Å². The lowest BCUT2D eigenvalue weighted by atomic mass is 9.91. The Morgan fingerprint density at radius 2 is 1.56 bits per heavy atom. The average Bonchev–Trinajstić information content (AvgIpc) is 3.48. The topological polar surface area (TPSA) is 115 Å². The standard InChI is InChI=1S/C27H19F7N6O2S/c1-25(2,3)15-10-17(27(32,33)34)40-18(36-15)9-14(39-40)23(42)38-20-19-13(11-4-6-12(28)7-5-11)8-16(26(29,30)31)37-24(19)43-21(20)22(35)41/h4-10H,1-3H3,(H2,35,41)(H,38,42). The number of hydrogen-bond donors (Lipinski definition) is 2. The number of alkyl halides is 6. The van der Waals surface area contributed by atoms with E-state index in [1.54, 1.807) is 20.8 Å². The van der Waals surface area contributed by atoms with Crippen LogP contribution in [0.15, 0.2) is 42.5 Å². The first-order valence-corrected chi connectivity index (χ1v) is 13.1. The van der Waals surface area contributed by atoms with E-state index in [9.17, 15) is 40.3 Å². The molecule has 1 aromatic carbocycles. The molecule has 0 aliphatic carbocycles. The number of carbonyl (C=O) groups excluding carboxylic acids is 2. The van der Waals surface area contributed by atoms with Crippen molar-refractivity contribution in [3.8, 4) is 11.1 Å². The molecule has 5 aromatic rings. The summed E-state index contributed by atoms with van der Waals surface area (Å²) >= 11 is 0.466. The molecule has 0 saturated heterocycles. The molecule has 4 aromatic heterocycles. The van der Waals surface area contributed by atoms with Crippen LogP contribution >= 0.6 is 11.3 Å². The third kappa shape index (κ3) is 5.61. The number of carbonyl (C=O) groups is 2. The molecule has 4 heterocycles. The van der Waals surface area contributed by atoms with Gasteiger partial charge in [0.25, 0.3) is 11.8 Å². The predicted molar refractivity (Wildman–Crippen MR) is 143 cm³/mol. The second kappa shape index (κ2) is 10.00. The van der Waals surface area contributed by atoms with Crippen molar-refractivity contribution in [3.63, 3.8) is 0 Å². The van der Waals surface area contributed by atoms with Crippen LogP contribution in [0.5, 0.6) is 0 Å². The molecule has 0 spiro atoms. The van der Waals surface area contributed by atoms with Crippen LogP contribution in [0.1, 0.15) is 58.0 Å². The third-order valence-corrected chi connectivity index (χ3v) is 7.39. The molecule has 0 unspecified atom stereocenters. The van der Waals surface area contributed by atoms with Crippen LogP contribution < -0.4 is 11.1 Å². The van der Waals surface area contributed by atoms with Gasteiger partial charge < -0.3 is 11.1 Å². The molecule has 0 aliphatic heterocycles. The number of fused-ring (bicyclic) bond motifs is 2. The van der Waals surface area contributed by atoms with Crippen molar-refractivity contribution in [1.29, 1.82) is 0 Å². The highest BCUT2D eigenvalue weighted by atomic mass is 32.1. The molecule has 16 heteroatoms. The maximum absolute atomic E-state index is 13.9. The Morgan fingerprint density at radius 3 is 2.12 bits per heavy atom. The van der Waals surface area contributed by atoms with Crippen molar-refractivity contribution in [2.24, 2.45) is 5.73 Å². The van der Waals surface area contributed by atoms with Crippen LogP contribution in [0.4, 0.5) is 36.4 Å². The van der Waals surface area contributed by atoms with Crippen LogP contribution in [0.25, 0.3) is 27.0 Å². The lowest BCUT2D eigenvalue weighted by Gasteiger charge is -2.19. The van der Waals surface area contributed by atoms with Crippen molar-refractivity contribution >= 4 is 44.7 Å². The summed E-state index contributed by atoms with van der Waals surface area (Å²) in [6, 6.07) is 6.87. The summed E-state index contributed by atoms with van der Waals surface area (Å²) in [7, 11) is 0. The van der Waals surface area contributed by atoms with Gasteiger partial charge in [0, 0.05) is 16.9 Å². The normalized spacial score (nSPS) is 12.7. The van der Waals surface area contributed by atoms with Gasteiger partial charge in [0.2, 0.25) is 0 Å². The number of anilines is 1. The van der Waals surface area contributed by atoms with Crippen molar-refractivity contribution in [2.75, 3.05) is 5.32 Å². The number of rotatable bonds is 4. The molecule has 43 heavy (non-hydrogen) atoms. The second-order valence-corrected chi connectivity index (χ2v) is 11.4. The number of nitrogens with two attached hydrogens (primary N) is 1. The highest BCUT2D eigenvalue weighted by molar-refractivity contribution is 7.21. The monoisotopic (exact) mass is 624 g/mol. The molecule has 3 N–H and O–H groups in total. The van der Waals surface area contributed by atoms with E-state index in [0.717, 1.165) is 24.3 Å². The van der Waals surface area contributed by atoms with Gasteiger partial charge >= 0.3 is 12.4 Å². The molecule has 0 radical (unpaired) electrons. The molecular formula is C27H19F7N6O2S. The SMILES string of the molecule is CC(C)(C)c1cc(C(F)(F)F)n2nc(C(=O)Nc3c(C(N)=O)sc4nc(C(F)(F)F)cc(-c5ccc(F)cc5)c34)cc2n1. The van der Waals surface area contributed by atoms with Crippen LogP contribution in [0.3, 0.4) is 0 Å². The molecule has 8 nitrogen and oxygen atoms in total. The minimum Gasteiger partial charge on any atom is -0.365 e. The van der Waals surface area contributed by atoms with Crippen LogP contribution in [-0.2, 0) is 17.8 Å². The van der Waals surface area contributed by atoms with Crippen LogP contribution in [0, 0.1) is 5.82 Å². The summed E-state index contributed by atoms with van der Waals surface area (Å²) in [6.45, 7) is 4.96. The molecule has 0 fully saturated rings. The number of amides is 2. The van der Waals surface area contributed by atoms with Gasteiger partial charge in [-0.3, -0.25) is 9.59 Å². The fraction of sp³-hybridized carbons (Fsp3) is 0.222. The van der Waals surface area contributed by atoms with Crippen molar-refractivity contribution < 1.29 is 40.3 Å². The summed E-state index contributed by atoms with van der Waals surface area (Å²) in [6.07, 6.45) is -9.77. The first-order chi connectivity index (χ1) is 19.8. The Balaban J connectivity index is 1.70. The number of thiophene rings is 1. The minimum absolute atomic E-state index is 0.0782. The quantitative estimate of drug-likeness (QED) is 0.213. The summed E-state index contributed by atoms with van der Waals surface area (Å²) < 4.78 is 97.0. The van der Waals surface area contributed by atoms with Crippen molar-refractivity contribution in [2.45, 2.75) is 38.5 Å². The highest BCUT2D eigenvalue weighted by Crippen LogP contribution is 2.44. The highest BCUT2D eigenvalue weighted by Gasteiger charge is 2.37. The van der Waals surface area contributed by atoms with E-state index in [4.69, 9.17) is 5.73 Å². The van der Waals surface area contributed by atoms with Gasteiger partial charge in [-0.25, -0.2) is 18.9 Å². The zero-order valence-corrected chi connectivity index (χ0v) is 23.1. The molecule has 0 aliphatic rings. The number of primary amides is 1. The summed E-state index contributed by atoms with van der Waals surface area (Å²) in [5, 5.41) is 6.02. The molecule has 0 bridgehead atoms. The van der Waals surface area contributed by atoms with E-state index in [2.05, 4.69) is 20.4 Å². The summed E-state index contributed by atoms with van der Waals surface area (Å²) in [5.41, 5.74) is 1.00. The van der Waals surface area contributed by atoms with Gasteiger partial charge in [0.05, 0.1) is 11.4 Å². The van der Waals surface area contributed by atoms with Crippen LogP contribution in [-0.4, -0.2) is 31.4 Å². The Morgan fingerprint density at radius 1 is 0.907 bits per heavy atom. The fourth-order valence-electron chi connectivity index (χ4n) is 4.24. The smallest absolute Gasteiger partial charge is 0.365 e. The van der Waals surface area contributed by atoms with Gasteiger partial charge in [-0.1, -0.05) is 32.9 Å². The predicted octanol–water partition coefficient (Wildman–Crippen LogP) is 6.83.